The van der Waals surface area contributed by atoms with Crippen LogP contribution >= 0.6 is 0 Å². The van der Waals surface area contributed by atoms with Gasteiger partial charge in [0.1, 0.15) is 0 Å². The van der Waals surface area contributed by atoms with Crippen molar-refractivity contribution in [2.45, 2.75) is 0 Å². The van der Waals surface area contributed by atoms with E-state index in [9.17, 15) is 14.4 Å². The van der Waals surface area contributed by atoms with E-state index in [1.54, 1.807) is 18.2 Å². The highest BCUT2D eigenvalue weighted by molar-refractivity contribution is 6.05. The monoisotopic (exact) mass is 282 g/mol. The number of aromatic nitrogens is 3. The number of nitrogens with zero attached hydrogens (tertiary/aromatic N) is 1. The van der Waals surface area contributed by atoms with E-state index in [1.807, 2.05) is 0 Å². The lowest BCUT2D eigenvalue weighted by molar-refractivity contribution is 0.102. The first-order valence-electron chi connectivity index (χ1n) is 6.11. The Morgan fingerprint density at radius 3 is 2.33 bits per heavy atom. The molecule has 0 radical (unpaired) electrons. The number of aromatic amines is 2. The second-order valence-electron chi connectivity index (χ2n) is 4.36. The van der Waals surface area contributed by atoms with Gasteiger partial charge in [-0.25, -0.2) is 0 Å². The summed E-state index contributed by atoms with van der Waals surface area (Å²) < 4.78 is 0. The van der Waals surface area contributed by atoms with Crippen molar-refractivity contribution in [1.29, 1.82) is 0 Å². The molecule has 7 heteroatoms. The van der Waals surface area contributed by atoms with Crippen LogP contribution in [0.3, 0.4) is 0 Å². The number of carbonyl (C=O) groups is 1. The molecule has 3 aromatic rings. The van der Waals surface area contributed by atoms with E-state index in [4.69, 9.17) is 0 Å². The number of hydrogen-bond donors (Lipinski definition) is 3. The average molecular weight is 282 g/mol. The summed E-state index contributed by atoms with van der Waals surface area (Å²) in [7, 11) is 0. The first-order chi connectivity index (χ1) is 10.1. The van der Waals surface area contributed by atoms with Crippen molar-refractivity contribution >= 4 is 22.4 Å². The minimum Gasteiger partial charge on any atom is -0.322 e. The van der Waals surface area contributed by atoms with Gasteiger partial charge in [-0.05, 0) is 30.3 Å². The van der Waals surface area contributed by atoms with Gasteiger partial charge in [-0.3, -0.25) is 29.6 Å². The fourth-order valence-electron chi connectivity index (χ4n) is 1.96. The molecule has 2 aromatic heterocycles. The zero-order valence-corrected chi connectivity index (χ0v) is 10.7. The lowest BCUT2D eigenvalue weighted by Crippen LogP contribution is -2.19. The molecule has 0 aliphatic heterocycles. The Hall–Kier alpha value is -3.22. The van der Waals surface area contributed by atoms with Crippen LogP contribution < -0.4 is 16.4 Å². The Morgan fingerprint density at radius 2 is 1.62 bits per heavy atom. The van der Waals surface area contributed by atoms with Crippen molar-refractivity contribution < 1.29 is 4.79 Å². The summed E-state index contributed by atoms with van der Waals surface area (Å²) in [4.78, 5) is 39.1. The van der Waals surface area contributed by atoms with Crippen LogP contribution in [0.5, 0.6) is 0 Å². The molecule has 1 aromatic carbocycles. The first kappa shape index (κ1) is 12.8. The molecular formula is C14H10N4O3. The second-order valence-corrected chi connectivity index (χ2v) is 4.36. The van der Waals surface area contributed by atoms with Gasteiger partial charge in [-0.15, -0.1) is 0 Å². The maximum absolute atomic E-state index is 12.0. The minimum absolute atomic E-state index is 0.214. The van der Waals surface area contributed by atoms with E-state index >= 15 is 0 Å². The van der Waals surface area contributed by atoms with Gasteiger partial charge in [0.15, 0.2) is 0 Å². The number of pyridine rings is 1. The summed E-state index contributed by atoms with van der Waals surface area (Å²) in [5, 5.41) is 7.63. The molecule has 0 aliphatic rings. The van der Waals surface area contributed by atoms with E-state index in [0.717, 1.165) is 0 Å². The van der Waals surface area contributed by atoms with Crippen molar-refractivity contribution in [1.82, 2.24) is 15.2 Å². The Bertz CT molecular complexity index is 928. The summed E-state index contributed by atoms with van der Waals surface area (Å²) in [6, 6.07) is 7.67. The minimum atomic E-state index is -0.426. The number of hydrogen-bond acceptors (Lipinski definition) is 4. The lowest BCUT2D eigenvalue weighted by atomic mass is 10.1. The molecule has 21 heavy (non-hydrogen) atoms. The van der Waals surface area contributed by atoms with E-state index in [0.29, 0.717) is 11.3 Å². The molecule has 0 unspecified atom stereocenters. The number of carbonyl (C=O) groups excluding carboxylic acids is 1. The fraction of sp³-hybridized carbons (Fsp3) is 0. The topological polar surface area (TPSA) is 108 Å². The van der Waals surface area contributed by atoms with Crippen molar-refractivity contribution in [3.05, 3.63) is 69.0 Å². The molecule has 2 heterocycles. The third kappa shape index (κ3) is 2.44. The maximum atomic E-state index is 12.0. The third-order valence-corrected chi connectivity index (χ3v) is 3.00. The number of amides is 1. The van der Waals surface area contributed by atoms with Crippen LogP contribution in [0.15, 0.2) is 52.3 Å². The largest absolute Gasteiger partial charge is 0.322 e. The molecule has 7 nitrogen and oxygen atoms in total. The van der Waals surface area contributed by atoms with Gasteiger partial charge < -0.3 is 5.32 Å². The molecule has 3 N–H and O–H groups in total. The number of rotatable bonds is 2. The Morgan fingerprint density at radius 1 is 0.952 bits per heavy atom. The van der Waals surface area contributed by atoms with Crippen LogP contribution in [0, 0.1) is 0 Å². The van der Waals surface area contributed by atoms with Crippen molar-refractivity contribution in [3.8, 4) is 0 Å². The quantitative estimate of drug-likeness (QED) is 0.648. The van der Waals surface area contributed by atoms with E-state index in [-0.39, 0.29) is 16.7 Å². The number of nitrogens with one attached hydrogen (secondary N) is 3. The molecule has 0 aliphatic carbocycles. The van der Waals surface area contributed by atoms with Crippen molar-refractivity contribution in [3.63, 3.8) is 0 Å². The molecule has 1 amide bonds. The number of fused-ring (bicyclic) bond motifs is 1. The highest BCUT2D eigenvalue weighted by Crippen LogP contribution is 2.14. The average Bonchev–Trinajstić information content (AvgIpc) is 2.52. The van der Waals surface area contributed by atoms with Gasteiger partial charge in [0.2, 0.25) is 0 Å². The van der Waals surface area contributed by atoms with Crippen LogP contribution in [-0.4, -0.2) is 21.1 Å². The van der Waals surface area contributed by atoms with Crippen LogP contribution in [0.1, 0.15) is 10.4 Å². The van der Waals surface area contributed by atoms with Crippen LogP contribution in [0.25, 0.3) is 10.8 Å². The highest BCUT2D eigenvalue weighted by Gasteiger charge is 2.08. The van der Waals surface area contributed by atoms with Crippen LogP contribution in [-0.2, 0) is 0 Å². The molecule has 3 rings (SSSR count). The highest BCUT2D eigenvalue weighted by atomic mass is 16.2. The molecule has 0 fully saturated rings. The van der Waals surface area contributed by atoms with Crippen molar-refractivity contribution in [2.24, 2.45) is 0 Å². The molecule has 0 spiro atoms. The van der Waals surface area contributed by atoms with Gasteiger partial charge in [-0.2, -0.15) is 0 Å². The van der Waals surface area contributed by atoms with E-state index in [1.165, 1.54) is 24.5 Å². The standard InChI is InChI=1S/C14H10N4O3/c19-12(8-3-5-15-6-4-8)16-9-1-2-10-11(7-9)14(21)18-17-13(10)20/h1-7H,(H,16,19)(H,17,20)(H,18,21). The zero-order valence-electron chi connectivity index (χ0n) is 10.7. The second kappa shape index (κ2) is 5.04. The van der Waals surface area contributed by atoms with Crippen LogP contribution in [0.4, 0.5) is 5.69 Å². The predicted octanol–water partition coefficient (Wildman–Crippen LogP) is 0.864. The van der Waals surface area contributed by atoms with Crippen LogP contribution in [0.2, 0.25) is 0 Å². The predicted molar refractivity (Wildman–Crippen MR) is 77.4 cm³/mol. The van der Waals surface area contributed by atoms with E-state index < -0.39 is 11.1 Å². The maximum Gasteiger partial charge on any atom is 0.270 e. The summed E-state index contributed by atoms with van der Waals surface area (Å²) in [5.41, 5.74) is 0.0616. The Balaban J connectivity index is 1.99. The normalized spacial score (nSPS) is 10.5. The van der Waals surface area contributed by atoms with Gasteiger partial charge in [0, 0.05) is 23.6 Å². The van der Waals surface area contributed by atoms with Gasteiger partial charge in [0.05, 0.1) is 10.8 Å². The summed E-state index contributed by atoms with van der Waals surface area (Å²) in [5.74, 6) is -0.321. The summed E-state index contributed by atoms with van der Waals surface area (Å²) >= 11 is 0. The van der Waals surface area contributed by atoms with E-state index in [2.05, 4.69) is 20.5 Å². The molecule has 104 valence electrons. The summed E-state index contributed by atoms with van der Waals surface area (Å²) in [6.45, 7) is 0. The smallest absolute Gasteiger partial charge is 0.270 e. The Labute approximate surface area is 117 Å². The van der Waals surface area contributed by atoms with Gasteiger partial charge in [-0.1, -0.05) is 0 Å². The number of H-pyrrole nitrogens is 2. The molecular weight excluding hydrogens is 272 g/mol. The summed E-state index contributed by atoms with van der Waals surface area (Å²) in [6.07, 6.45) is 3.03. The SMILES string of the molecule is O=C(Nc1ccc2c(=O)[nH][nH]c(=O)c2c1)c1ccncc1. The van der Waals surface area contributed by atoms with Crippen molar-refractivity contribution in [2.75, 3.05) is 5.32 Å². The van der Waals surface area contributed by atoms with Gasteiger partial charge in [0.25, 0.3) is 17.0 Å². The third-order valence-electron chi connectivity index (χ3n) is 3.00. The fourth-order valence-corrected chi connectivity index (χ4v) is 1.96. The molecule has 0 atom stereocenters. The number of anilines is 1. The molecule has 0 saturated heterocycles. The first-order valence-corrected chi connectivity index (χ1v) is 6.11. The zero-order chi connectivity index (χ0) is 14.8. The Kier molecular flexibility index (Phi) is 3.07. The lowest BCUT2D eigenvalue weighted by Gasteiger charge is -2.05. The van der Waals surface area contributed by atoms with Gasteiger partial charge >= 0.3 is 0 Å². The molecule has 0 saturated carbocycles. The molecule has 0 bridgehead atoms. The number of benzene rings is 1.